The molecule has 0 radical (unpaired) electrons. The van der Waals surface area contributed by atoms with Gasteiger partial charge in [0.15, 0.2) is 0 Å². The van der Waals surface area contributed by atoms with E-state index in [1.165, 1.54) is 42.9 Å². The second-order valence-corrected chi connectivity index (χ2v) is 5.19. The van der Waals surface area contributed by atoms with Crippen LogP contribution in [0.2, 0.25) is 0 Å². The van der Waals surface area contributed by atoms with Crippen LogP contribution in [0, 0.1) is 5.82 Å². The normalized spacial score (nSPS) is 16.6. The first-order valence-electron chi connectivity index (χ1n) is 6.70. The lowest BCUT2D eigenvalue weighted by Crippen LogP contribution is -2.05. The van der Waals surface area contributed by atoms with Crippen LogP contribution in [0.15, 0.2) is 30.3 Å². The van der Waals surface area contributed by atoms with Gasteiger partial charge in [-0.1, -0.05) is 31.0 Å². The van der Waals surface area contributed by atoms with Crippen molar-refractivity contribution in [2.24, 2.45) is 5.73 Å². The van der Waals surface area contributed by atoms with Crippen molar-refractivity contribution in [3.8, 4) is 0 Å². The van der Waals surface area contributed by atoms with Crippen LogP contribution in [-0.4, -0.2) is 0 Å². The lowest BCUT2D eigenvalue weighted by Gasteiger charge is -2.17. The van der Waals surface area contributed by atoms with Crippen LogP contribution in [0.5, 0.6) is 0 Å². The molecule has 0 aliphatic heterocycles. The van der Waals surface area contributed by atoms with E-state index in [9.17, 15) is 4.39 Å². The van der Waals surface area contributed by atoms with Crippen molar-refractivity contribution >= 4 is 10.8 Å². The van der Waals surface area contributed by atoms with Gasteiger partial charge in [-0.15, -0.1) is 0 Å². The molecule has 0 amide bonds. The van der Waals surface area contributed by atoms with Crippen molar-refractivity contribution in [2.75, 3.05) is 0 Å². The van der Waals surface area contributed by atoms with Crippen LogP contribution in [0.3, 0.4) is 0 Å². The fourth-order valence-corrected chi connectivity index (χ4v) is 3.23. The number of hydrogen-bond acceptors (Lipinski definition) is 1. The maximum absolute atomic E-state index is 13.5. The molecule has 0 heterocycles. The van der Waals surface area contributed by atoms with E-state index < -0.39 is 0 Å². The van der Waals surface area contributed by atoms with E-state index in [-0.39, 0.29) is 5.82 Å². The molecule has 2 heteroatoms. The minimum Gasteiger partial charge on any atom is -0.326 e. The molecule has 1 nitrogen and oxygen atoms in total. The zero-order valence-corrected chi connectivity index (χ0v) is 10.5. The largest absolute Gasteiger partial charge is 0.326 e. The maximum Gasteiger partial charge on any atom is 0.123 e. The minimum atomic E-state index is -0.157. The van der Waals surface area contributed by atoms with Crippen molar-refractivity contribution in [2.45, 2.75) is 38.1 Å². The van der Waals surface area contributed by atoms with Crippen molar-refractivity contribution < 1.29 is 4.39 Å². The first-order valence-corrected chi connectivity index (χ1v) is 6.70. The Morgan fingerprint density at radius 1 is 1.11 bits per heavy atom. The number of nitrogens with two attached hydrogens (primary N) is 1. The van der Waals surface area contributed by atoms with E-state index >= 15 is 0 Å². The summed E-state index contributed by atoms with van der Waals surface area (Å²) in [7, 11) is 0. The average Bonchev–Trinajstić information content (AvgIpc) is 2.90. The van der Waals surface area contributed by atoms with Gasteiger partial charge in [-0.3, -0.25) is 0 Å². The fourth-order valence-electron chi connectivity index (χ4n) is 3.23. The summed E-state index contributed by atoms with van der Waals surface area (Å²) in [5, 5.41) is 2.18. The van der Waals surface area contributed by atoms with Gasteiger partial charge in [0.05, 0.1) is 0 Å². The molecule has 0 saturated heterocycles. The van der Waals surface area contributed by atoms with Crippen molar-refractivity contribution in [3.05, 3.63) is 47.3 Å². The Bertz CT molecular complexity index is 571. The van der Waals surface area contributed by atoms with Gasteiger partial charge in [0, 0.05) is 6.54 Å². The smallest absolute Gasteiger partial charge is 0.123 e. The molecular weight excluding hydrogens is 225 g/mol. The van der Waals surface area contributed by atoms with E-state index in [0.717, 1.165) is 10.8 Å². The Balaban J connectivity index is 2.25. The number of halogens is 1. The Kier molecular flexibility index (Phi) is 3.04. The summed E-state index contributed by atoms with van der Waals surface area (Å²) in [5.74, 6) is 0.407. The highest BCUT2D eigenvalue weighted by Gasteiger charge is 2.21. The Morgan fingerprint density at radius 2 is 1.83 bits per heavy atom. The quantitative estimate of drug-likeness (QED) is 0.844. The molecule has 0 aromatic heterocycles. The second-order valence-electron chi connectivity index (χ2n) is 5.19. The molecule has 1 saturated carbocycles. The lowest BCUT2D eigenvalue weighted by atomic mass is 9.88. The molecule has 2 aromatic carbocycles. The zero-order valence-electron chi connectivity index (χ0n) is 10.5. The number of benzene rings is 2. The zero-order chi connectivity index (χ0) is 12.5. The third-order valence-corrected chi connectivity index (χ3v) is 4.10. The SMILES string of the molecule is NCc1ccc2ccc(F)cc2c1C1CCCC1. The topological polar surface area (TPSA) is 26.0 Å². The molecule has 0 unspecified atom stereocenters. The summed E-state index contributed by atoms with van der Waals surface area (Å²) in [6.45, 7) is 0.540. The van der Waals surface area contributed by atoms with E-state index in [1.54, 1.807) is 6.07 Å². The van der Waals surface area contributed by atoms with Crippen molar-refractivity contribution in [1.29, 1.82) is 0 Å². The molecular formula is C16H18FN. The van der Waals surface area contributed by atoms with E-state index in [2.05, 4.69) is 12.1 Å². The summed E-state index contributed by atoms with van der Waals surface area (Å²) in [4.78, 5) is 0. The monoisotopic (exact) mass is 243 g/mol. The molecule has 1 aliphatic rings. The number of fused-ring (bicyclic) bond motifs is 1. The maximum atomic E-state index is 13.5. The summed E-state index contributed by atoms with van der Waals surface area (Å²) in [6, 6.07) is 9.22. The van der Waals surface area contributed by atoms with Crippen LogP contribution in [0.1, 0.15) is 42.7 Å². The lowest BCUT2D eigenvalue weighted by molar-refractivity contribution is 0.629. The summed E-state index contributed by atoms with van der Waals surface area (Å²) in [5.41, 5.74) is 8.33. The van der Waals surface area contributed by atoms with Crippen molar-refractivity contribution in [1.82, 2.24) is 0 Å². The van der Waals surface area contributed by atoms with Gasteiger partial charge in [0.1, 0.15) is 5.82 Å². The average molecular weight is 243 g/mol. The second kappa shape index (κ2) is 4.69. The van der Waals surface area contributed by atoms with E-state index in [4.69, 9.17) is 5.73 Å². The molecule has 0 atom stereocenters. The summed E-state index contributed by atoms with van der Waals surface area (Å²) < 4.78 is 13.5. The first kappa shape index (κ1) is 11.7. The van der Waals surface area contributed by atoms with Gasteiger partial charge < -0.3 is 5.73 Å². The third-order valence-electron chi connectivity index (χ3n) is 4.10. The van der Waals surface area contributed by atoms with Gasteiger partial charge in [0.2, 0.25) is 0 Å². The minimum absolute atomic E-state index is 0.157. The third kappa shape index (κ3) is 1.91. The van der Waals surface area contributed by atoms with Gasteiger partial charge in [-0.2, -0.15) is 0 Å². The molecule has 3 rings (SSSR count). The highest BCUT2D eigenvalue weighted by molar-refractivity contribution is 5.87. The molecule has 2 aromatic rings. The standard InChI is InChI=1S/C16H18FN/c17-14-8-7-11-5-6-13(10-18)16(15(11)9-14)12-3-1-2-4-12/h5-9,12H,1-4,10,18H2. The van der Waals surface area contributed by atoms with Gasteiger partial charge >= 0.3 is 0 Å². The Morgan fingerprint density at radius 3 is 2.56 bits per heavy atom. The Hall–Kier alpha value is -1.41. The van der Waals surface area contributed by atoms with Gasteiger partial charge in [-0.25, -0.2) is 4.39 Å². The van der Waals surface area contributed by atoms with Crippen LogP contribution in [0.25, 0.3) is 10.8 Å². The van der Waals surface area contributed by atoms with Gasteiger partial charge in [0.25, 0.3) is 0 Å². The highest BCUT2D eigenvalue weighted by atomic mass is 19.1. The van der Waals surface area contributed by atoms with Crippen LogP contribution < -0.4 is 5.73 Å². The molecule has 94 valence electrons. The van der Waals surface area contributed by atoms with Crippen LogP contribution >= 0.6 is 0 Å². The van der Waals surface area contributed by atoms with Gasteiger partial charge in [-0.05, 0) is 52.8 Å². The van der Waals surface area contributed by atoms with E-state index in [1.807, 2.05) is 6.07 Å². The van der Waals surface area contributed by atoms with Crippen molar-refractivity contribution in [3.63, 3.8) is 0 Å². The summed E-state index contributed by atoms with van der Waals surface area (Å²) >= 11 is 0. The Labute approximate surface area is 107 Å². The number of rotatable bonds is 2. The first-order chi connectivity index (χ1) is 8.79. The molecule has 18 heavy (non-hydrogen) atoms. The highest BCUT2D eigenvalue weighted by Crippen LogP contribution is 2.39. The predicted octanol–water partition coefficient (Wildman–Crippen LogP) is 4.10. The molecule has 1 fully saturated rings. The molecule has 1 aliphatic carbocycles. The van der Waals surface area contributed by atoms with Crippen LogP contribution in [-0.2, 0) is 6.54 Å². The molecule has 0 bridgehead atoms. The van der Waals surface area contributed by atoms with E-state index in [0.29, 0.717) is 12.5 Å². The molecule has 2 N–H and O–H groups in total. The predicted molar refractivity (Wildman–Crippen MR) is 73.0 cm³/mol. The van der Waals surface area contributed by atoms with Crippen LogP contribution in [0.4, 0.5) is 4.39 Å². The summed E-state index contributed by atoms with van der Waals surface area (Å²) in [6.07, 6.45) is 4.98. The fraction of sp³-hybridized carbons (Fsp3) is 0.375. The molecule has 0 spiro atoms. The number of hydrogen-bond donors (Lipinski definition) is 1.